The molecular weight excluding hydrogens is 318 g/mol. The highest BCUT2D eigenvalue weighted by Crippen LogP contribution is 2.13. The summed E-state index contributed by atoms with van der Waals surface area (Å²) in [7, 11) is 0. The number of nitrogens with one attached hydrogen (secondary N) is 2. The molecule has 0 aliphatic carbocycles. The summed E-state index contributed by atoms with van der Waals surface area (Å²) < 4.78 is 0.922. The van der Waals surface area contributed by atoms with Gasteiger partial charge in [0.25, 0.3) is 5.91 Å². The summed E-state index contributed by atoms with van der Waals surface area (Å²) in [5.74, 6) is -0.234. The van der Waals surface area contributed by atoms with Crippen molar-refractivity contribution in [2.24, 2.45) is 0 Å². The Morgan fingerprint density at radius 1 is 1.05 bits per heavy atom. The molecule has 0 radical (unpaired) electrons. The van der Waals surface area contributed by atoms with Gasteiger partial charge in [-0.05, 0) is 36.4 Å². The third-order valence-corrected chi connectivity index (χ3v) is 3.20. The van der Waals surface area contributed by atoms with Crippen molar-refractivity contribution in [3.8, 4) is 0 Å². The zero-order chi connectivity index (χ0) is 14.5. The van der Waals surface area contributed by atoms with E-state index in [9.17, 15) is 4.79 Å². The predicted octanol–water partition coefficient (Wildman–Crippen LogP) is 2.94. The van der Waals surface area contributed by atoms with Crippen LogP contribution in [0.2, 0.25) is 0 Å². The van der Waals surface area contributed by atoms with Crippen LogP contribution in [0, 0.1) is 0 Å². The minimum atomic E-state index is -0.234. The lowest BCUT2D eigenvalue weighted by Gasteiger charge is -2.11. The lowest BCUT2D eigenvalue weighted by Crippen LogP contribution is -2.35. The monoisotopic (exact) mass is 331 g/mol. The molecule has 4 nitrogen and oxygen atoms in total. The van der Waals surface area contributed by atoms with Gasteiger partial charge in [0.1, 0.15) is 0 Å². The molecule has 0 aliphatic heterocycles. The van der Waals surface area contributed by atoms with E-state index in [-0.39, 0.29) is 5.91 Å². The first-order valence-corrected chi connectivity index (χ1v) is 6.72. The molecule has 20 heavy (non-hydrogen) atoms. The van der Waals surface area contributed by atoms with Gasteiger partial charge >= 0.3 is 0 Å². The van der Waals surface area contributed by atoms with Crippen molar-refractivity contribution < 1.29 is 4.79 Å². The Bertz CT molecular complexity index is 638. The summed E-state index contributed by atoms with van der Waals surface area (Å²) in [6, 6.07) is 14.3. The second-order valence-corrected chi connectivity index (χ2v) is 5.11. The largest absolute Gasteiger partial charge is 0.399 e. The molecule has 102 valence electrons. The molecule has 0 saturated heterocycles. The number of hydrazine groups is 1. The van der Waals surface area contributed by atoms with Gasteiger partial charge in [-0.25, -0.2) is 0 Å². The Balaban J connectivity index is 1.96. The second kappa shape index (κ2) is 6.25. The van der Waals surface area contributed by atoms with E-state index in [1.807, 2.05) is 24.3 Å². The molecule has 0 aromatic heterocycles. The average molecular weight is 332 g/mol. The molecule has 0 spiro atoms. The van der Waals surface area contributed by atoms with Gasteiger partial charge in [-0.2, -0.15) is 0 Å². The van der Waals surface area contributed by atoms with Crippen molar-refractivity contribution in [3.63, 3.8) is 0 Å². The molecule has 2 rings (SSSR count). The summed E-state index contributed by atoms with van der Waals surface area (Å²) in [4.78, 5) is 11.9. The van der Waals surface area contributed by atoms with Crippen molar-refractivity contribution in [1.82, 2.24) is 10.9 Å². The van der Waals surface area contributed by atoms with Crippen LogP contribution in [0.4, 0.5) is 5.69 Å². The highest BCUT2D eigenvalue weighted by molar-refractivity contribution is 9.10. The topological polar surface area (TPSA) is 67.1 Å². The van der Waals surface area contributed by atoms with Crippen molar-refractivity contribution in [2.45, 2.75) is 0 Å². The number of rotatable bonds is 4. The first-order valence-electron chi connectivity index (χ1n) is 5.93. The van der Waals surface area contributed by atoms with Crippen LogP contribution >= 0.6 is 15.9 Å². The van der Waals surface area contributed by atoms with Gasteiger partial charge in [0.05, 0.1) is 5.70 Å². The molecule has 0 fully saturated rings. The van der Waals surface area contributed by atoms with E-state index in [2.05, 4.69) is 33.4 Å². The first-order chi connectivity index (χ1) is 9.56. The number of hydrogen-bond donors (Lipinski definition) is 3. The number of carbonyl (C=O) groups is 1. The van der Waals surface area contributed by atoms with Crippen molar-refractivity contribution in [3.05, 3.63) is 70.7 Å². The van der Waals surface area contributed by atoms with E-state index >= 15 is 0 Å². The number of nitrogens with two attached hydrogens (primary N) is 1. The maximum absolute atomic E-state index is 11.9. The number of hydrogen-bond acceptors (Lipinski definition) is 3. The number of carbonyl (C=O) groups excluding carboxylic acids is 1. The van der Waals surface area contributed by atoms with E-state index in [4.69, 9.17) is 5.73 Å². The number of anilines is 1. The van der Waals surface area contributed by atoms with Gasteiger partial charge in [-0.1, -0.05) is 34.6 Å². The fourth-order valence-corrected chi connectivity index (χ4v) is 1.87. The van der Waals surface area contributed by atoms with Gasteiger partial charge in [0.2, 0.25) is 0 Å². The van der Waals surface area contributed by atoms with E-state index in [1.165, 1.54) is 0 Å². The fraction of sp³-hybridized carbons (Fsp3) is 0. The minimum Gasteiger partial charge on any atom is -0.399 e. The smallest absolute Gasteiger partial charge is 0.269 e. The Kier molecular flexibility index (Phi) is 4.42. The summed E-state index contributed by atoms with van der Waals surface area (Å²) >= 11 is 3.32. The highest BCUT2D eigenvalue weighted by Gasteiger charge is 2.05. The Labute approximate surface area is 125 Å². The molecule has 5 heteroatoms. The summed E-state index contributed by atoms with van der Waals surface area (Å²) in [5, 5.41) is 0. The van der Waals surface area contributed by atoms with Crippen LogP contribution < -0.4 is 16.6 Å². The van der Waals surface area contributed by atoms with Crippen molar-refractivity contribution in [2.75, 3.05) is 5.73 Å². The van der Waals surface area contributed by atoms with E-state index < -0.39 is 0 Å². The number of nitrogen functional groups attached to an aromatic ring is 1. The Morgan fingerprint density at radius 2 is 1.75 bits per heavy atom. The van der Waals surface area contributed by atoms with Crippen LogP contribution in [0.15, 0.2) is 59.6 Å². The molecule has 0 atom stereocenters. The molecule has 0 unspecified atom stereocenters. The lowest BCUT2D eigenvalue weighted by atomic mass is 10.1. The normalized spacial score (nSPS) is 9.85. The number of benzene rings is 2. The maximum Gasteiger partial charge on any atom is 0.269 e. The molecule has 1 amide bonds. The van der Waals surface area contributed by atoms with Gasteiger partial charge in [-0.3, -0.25) is 15.6 Å². The molecule has 0 heterocycles. The molecule has 2 aromatic carbocycles. The molecule has 0 bridgehead atoms. The van der Waals surface area contributed by atoms with Crippen LogP contribution in [0.25, 0.3) is 5.70 Å². The summed E-state index contributed by atoms with van der Waals surface area (Å²) in [6.45, 7) is 3.86. The number of halogens is 1. The predicted molar refractivity (Wildman–Crippen MR) is 84.6 cm³/mol. The molecular formula is C15H14BrN3O. The zero-order valence-corrected chi connectivity index (χ0v) is 12.3. The van der Waals surface area contributed by atoms with Crippen LogP contribution in [0.1, 0.15) is 15.9 Å². The third kappa shape index (κ3) is 3.61. The fourth-order valence-electron chi connectivity index (χ4n) is 1.60. The van der Waals surface area contributed by atoms with Crippen molar-refractivity contribution >= 4 is 33.2 Å². The average Bonchev–Trinajstić information content (AvgIpc) is 2.45. The van der Waals surface area contributed by atoms with E-state index in [1.54, 1.807) is 24.3 Å². The highest BCUT2D eigenvalue weighted by atomic mass is 79.9. The van der Waals surface area contributed by atoms with Crippen molar-refractivity contribution in [1.29, 1.82) is 0 Å². The quantitative estimate of drug-likeness (QED) is 0.596. The lowest BCUT2D eigenvalue weighted by molar-refractivity contribution is 0.0942. The van der Waals surface area contributed by atoms with Crippen LogP contribution in [0.3, 0.4) is 0 Å². The maximum atomic E-state index is 11.9. The van der Waals surface area contributed by atoms with Gasteiger partial charge in [0.15, 0.2) is 0 Å². The Morgan fingerprint density at radius 3 is 2.40 bits per heavy atom. The van der Waals surface area contributed by atoms with Gasteiger partial charge in [-0.15, -0.1) is 0 Å². The molecule has 0 aliphatic rings. The Hall–Kier alpha value is -2.27. The van der Waals surface area contributed by atoms with Crippen LogP contribution in [-0.2, 0) is 0 Å². The van der Waals surface area contributed by atoms with Gasteiger partial charge in [0, 0.05) is 21.3 Å². The standard InChI is InChI=1S/C15H14BrN3O/c1-10(12-3-2-4-14(17)9-12)18-19-15(20)11-5-7-13(16)8-6-11/h2-9,18H,1,17H2,(H,19,20). The first kappa shape index (κ1) is 14.1. The van der Waals surface area contributed by atoms with Crippen LogP contribution in [-0.4, -0.2) is 5.91 Å². The summed E-state index contributed by atoms with van der Waals surface area (Å²) in [5.41, 5.74) is 13.7. The summed E-state index contributed by atoms with van der Waals surface area (Å²) in [6.07, 6.45) is 0. The molecule has 2 aromatic rings. The molecule has 0 saturated carbocycles. The number of amides is 1. The third-order valence-electron chi connectivity index (χ3n) is 2.67. The van der Waals surface area contributed by atoms with E-state index in [0.717, 1.165) is 10.0 Å². The second-order valence-electron chi connectivity index (χ2n) is 4.19. The van der Waals surface area contributed by atoms with E-state index in [0.29, 0.717) is 16.9 Å². The zero-order valence-electron chi connectivity index (χ0n) is 10.7. The van der Waals surface area contributed by atoms with Gasteiger partial charge < -0.3 is 5.73 Å². The minimum absolute atomic E-state index is 0.234. The molecule has 4 N–H and O–H groups in total. The SMILES string of the molecule is C=C(NNC(=O)c1ccc(Br)cc1)c1cccc(N)c1. The van der Waals surface area contributed by atoms with Crippen LogP contribution in [0.5, 0.6) is 0 Å².